The molecule has 1 aromatic carbocycles. The smallest absolute Gasteiger partial charge is 0.308 e. The number of thiophene rings is 1. The molecule has 0 spiro atoms. The largest absolute Gasteiger partial charge is 0.326 e. The number of amides is 3. The van der Waals surface area contributed by atoms with Crippen molar-refractivity contribution in [3.63, 3.8) is 0 Å². The molecule has 1 heterocycles. The predicted molar refractivity (Wildman–Crippen MR) is 92.6 cm³/mol. The highest BCUT2D eigenvalue weighted by molar-refractivity contribution is 7.17. The molecule has 0 saturated heterocycles. The number of nitrogens with zero attached hydrogens (tertiary/aromatic N) is 1. The van der Waals surface area contributed by atoms with Crippen molar-refractivity contribution in [3.8, 4) is 0 Å². The monoisotopic (exact) mass is 347 g/mol. The molecule has 0 unspecified atom stereocenters. The van der Waals surface area contributed by atoms with Crippen LogP contribution in [-0.2, 0) is 5.41 Å². The van der Waals surface area contributed by atoms with Crippen LogP contribution in [0.1, 0.15) is 36.0 Å². The SMILES string of the molecule is CC(C)(C)c1ccc(NC(=O)NC(=O)c2ccc([N+](=O)[O-])s2)cc1. The molecule has 2 N–H and O–H groups in total. The predicted octanol–water partition coefficient (Wildman–Crippen LogP) is 3.92. The van der Waals surface area contributed by atoms with Gasteiger partial charge in [0.05, 0.1) is 9.80 Å². The number of imide groups is 1. The number of hydrogen-bond acceptors (Lipinski definition) is 5. The zero-order valence-electron chi connectivity index (χ0n) is 13.5. The molecule has 2 aromatic rings. The highest BCUT2D eigenvalue weighted by atomic mass is 32.1. The normalized spacial score (nSPS) is 11.0. The lowest BCUT2D eigenvalue weighted by atomic mass is 9.87. The molecule has 8 heteroatoms. The van der Waals surface area contributed by atoms with Gasteiger partial charge in [-0.15, -0.1) is 0 Å². The number of carbonyl (C=O) groups excluding carboxylic acids is 2. The van der Waals surface area contributed by atoms with Crippen molar-refractivity contribution in [2.45, 2.75) is 26.2 Å². The van der Waals surface area contributed by atoms with Gasteiger partial charge in [-0.2, -0.15) is 0 Å². The summed E-state index contributed by atoms with van der Waals surface area (Å²) in [5, 5.41) is 15.1. The molecule has 126 valence electrons. The van der Waals surface area contributed by atoms with Crippen molar-refractivity contribution in [2.24, 2.45) is 0 Å². The van der Waals surface area contributed by atoms with Crippen LogP contribution in [-0.4, -0.2) is 16.9 Å². The third kappa shape index (κ3) is 4.39. The first kappa shape index (κ1) is 17.6. The fourth-order valence-corrected chi connectivity index (χ4v) is 2.64. The van der Waals surface area contributed by atoms with E-state index in [4.69, 9.17) is 0 Å². The molecule has 0 atom stereocenters. The Hall–Kier alpha value is -2.74. The zero-order chi connectivity index (χ0) is 17.9. The molecule has 0 radical (unpaired) electrons. The van der Waals surface area contributed by atoms with Crippen LogP contribution >= 0.6 is 11.3 Å². The van der Waals surface area contributed by atoms with Crippen LogP contribution in [0.25, 0.3) is 0 Å². The highest BCUT2D eigenvalue weighted by Crippen LogP contribution is 2.24. The summed E-state index contributed by atoms with van der Waals surface area (Å²) in [6, 6.07) is 9.15. The average molecular weight is 347 g/mol. The topological polar surface area (TPSA) is 101 Å². The van der Waals surface area contributed by atoms with Crippen LogP contribution in [0, 0.1) is 10.1 Å². The molecule has 0 saturated carbocycles. The van der Waals surface area contributed by atoms with E-state index < -0.39 is 16.9 Å². The third-order valence-electron chi connectivity index (χ3n) is 3.23. The Bertz CT molecular complexity index is 775. The lowest BCUT2D eigenvalue weighted by Gasteiger charge is -2.19. The second kappa shape index (κ2) is 6.79. The van der Waals surface area contributed by atoms with Crippen LogP contribution in [0.2, 0.25) is 0 Å². The summed E-state index contributed by atoms with van der Waals surface area (Å²) in [6.45, 7) is 6.25. The van der Waals surface area contributed by atoms with Gasteiger partial charge in [-0.3, -0.25) is 20.2 Å². The summed E-state index contributed by atoms with van der Waals surface area (Å²) in [5.41, 5.74) is 1.67. The summed E-state index contributed by atoms with van der Waals surface area (Å²) < 4.78 is 0. The van der Waals surface area contributed by atoms with Crippen molar-refractivity contribution in [3.05, 3.63) is 57.0 Å². The molecule has 24 heavy (non-hydrogen) atoms. The van der Waals surface area contributed by atoms with Gasteiger partial charge in [-0.25, -0.2) is 4.79 Å². The summed E-state index contributed by atoms with van der Waals surface area (Å²) in [7, 11) is 0. The third-order valence-corrected chi connectivity index (χ3v) is 4.27. The molecule has 1 aromatic heterocycles. The first-order valence-electron chi connectivity index (χ1n) is 7.14. The van der Waals surface area contributed by atoms with Gasteiger partial charge in [-0.05, 0) is 29.2 Å². The molecule has 3 amide bonds. The van der Waals surface area contributed by atoms with Crippen molar-refractivity contribution in [2.75, 3.05) is 5.32 Å². The van der Waals surface area contributed by atoms with Gasteiger partial charge in [-0.1, -0.05) is 44.2 Å². The summed E-state index contributed by atoms with van der Waals surface area (Å²) in [4.78, 5) is 33.8. The van der Waals surface area contributed by atoms with Crippen molar-refractivity contribution in [1.29, 1.82) is 0 Å². The lowest BCUT2D eigenvalue weighted by Crippen LogP contribution is -2.33. The second-order valence-electron chi connectivity index (χ2n) is 6.13. The van der Waals surface area contributed by atoms with E-state index >= 15 is 0 Å². The number of benzene rings is 1. The number of rotatable bonds is 3. The van der Waals surface area contributed by atoms with Gasteiger partial charge in [0, 0.05) is 11.8 Å². The number of anilines is 1. The maximum absolute atomic E-state index is 11.9. The maximum atomic E-state index is 11.9. The van der Waals surface area contributed by atoms with Crippen LogP contribution in [0.4, 0.5) is 15.5 Å². The van der Waals surface area contributed by atoms with Gasteiger partial charge >= 0.3 is 11.0 Å². The highest BCUT2D eigenvalue weighted by Gasteiger charge is 2.17. The molecule has 7 nitrogen and oxygen atoms in total. The Labute approximate surface area is 142 Å². The molecule has 0 aliphatic carbocycles. The van der Waals surface area contributed by atoms with Gasteiger partial charge < -0.3 is 5.32 Å². The minimum absolute atomic E-state index is 0.00461. The Morgan fingerprint density at radius 3 is 2.21 bits per heavy atom. The second-order valence-corrected chi connectivity index (χ2v) is 7.19. The number of nitro groups is 1. The molecule has 0 fully saturated rings. The molecular weight excluding hydrogens is 330 g/mol. The van der Waals surface area contributed by atoms with E-state index in [1.807, 2.05) is 12.1 Å². The maximum Gasteiger partial charge on any atom is 0.326 e. The first-order valence-corrected chi connectivity index (χ1v) is 7.95. The Balaban J connectivity index is 1.97. The number of urea groups is 1. The Kier molecular flexibility index (Phi) is 4.99. The fraction of sp³-hybridized carbons (Fsp3) is 0.250. The number of hydrogen-bond donors (Lipinski definition) is 2. The standard InChI is InChI=1S/C16H17N3O4S/c1-16(2,3)10-4-6-11(7-5-10)17-15(21)18-14(20)12-8-9-13(24-12)19(22)23/h4-9H,1-3H3,(H2,17,18,20,21). The van der Waals surface area contributed by atoms with Crippen molar-refractivity contribution >= 4 is 34.0 Å². The van der Waals surface area contributed by atoms with E-state index in [0.717, 1.165) is 5.56 Å². The van der Waals surface area contributed by atoms with Gasteiger partial charge in [0.25, 0.3) is 5.91 Å². The van der Waals surface area contributed by atoms with E-state index in [2.05, 4.69) is 31.4 Å². The lowest BCUT2D eigenvalue weighted by molar-refractivity contribution is -0.380. The van der Waals surface area contributed by atoms with Gasteiger partial charge in [0.1, 0.15) is 0 Å². The minimum atomic E-state index is -0.695. The van der Waals surface area contributed by atoms with E-state index in [1.54, 1.807) is 12.1 Å². The number of carbonyl (C=O) groups is 2. The summed E-state index contributed by atoms with van der Waals surface area (Å²) in [5.74, 6) is -0.683. The first-order chi connectivity index (χ1) is 11.2. The fourth-order valence-electron chi connectivity index (χ4n) is 1.93. The minimum Gasteiger partial charge on any atom is -0.308 e. The van der Waals surface area contributed by atoms with Crippen molar-refractivity contribution < 1.29 is 14.5 Å². The van der Waals surface area contributed by atoms with Crippen LogP contribution in [0.5, 0.6) is 0 Å². The molecule has 0 aliphatic rings. The Morgan fingerprint density at radius 1 is 1.08 bits per heavy atom. The van der Waals surface area contributed by atoms with Crippen molar-refractivity contribution in [1.82, 2.24) is 5.32 Å². The zero-order valence-corrected chi connectivity index (χ0v) is 14.3. The van der Waals surface area contributed by atoms with E-state index in [0.29, 0.717) is 17.0 Å². The molecular formula is C16H17N3O4S. The van der Waals surface area contributed by atoms with E-state index in [1.165, 1.54) is 12.1 Å². The van der Waals surface area contributed by atoms with Gasteiger partial charge in [0.15, 0.2) is 0 Å². The summed E-state index contributed by atoms with van der Waals surface area (Å²) >= 11 is 0.711. The van der Waals surface area contributed by atoms with Crippen LogP contribution in [0.3, 0.4) is 0 Å². The van der Waals surface area contributed by atoms with Gasteiger partial charge in [0.2, 0.25) is 0 Å². The molecule has 0 bridgehead atoms. The molecule has 0 aliphatic heterocycles. The quantitative estimate of drug-likeness (QED) is 0.649. The Morgan fingerprint density at radius 2 is 1.71 bits per heavy atom. The van der Waals surface area contributed by atoms with E-state index in [-0.39, 0.29) is 15.3 Å². The molecule has 2 rings (SSSR count). The average Bonchev–Trinajstić information content (AvgIpc) is 2.96. The summed E-state index contributed by atoms with van der Waals surface area (Å²) in [6.07, 6.45) is 0. The number of nitrogens with one attached hydrogen (secondary N) is 2. The van der Waals surface area contributed by atoms with Crippen LogP contribution < -0.4 is 10.6 Å². The van der Waals surface area contributed by atoms with Crippen LogP contribution in [0.15, 0.2) is 36.4 Å². The van der Waals surface area contributed by atoms with E-state index in [9.17, 15) is 19.7 Å².